The van der Waals surface area contributed by atoms with E-state index in [1.807, 2.05) is 31.4 Å². The molecule has 0 atom stereocenters. The maximum Gasteiger partial charge on any atom is 0.341 e. The van der Waals surface area contributed by atoms with Gasteiger partial charge in [-0.25, -0.2) is 4.79 Å². The van der Waals surface area contributed by atoms with Crippen LogP contribution in [0.15, 0.2) is 23.6 Å². The number of hydrogen-bond acceptors (Lipinski definition) is 4. The number of ether oxygens (including phenoxy) is 1. The van der Waals surface area contributed by atoms with E-state index in [2.05, 4.69) is 6.07 Å². The Balaban J connectivity index is 2.54. The van der Waals surface area contributed by atoms with E-state index in [4.69, 9.17) is 10.5 Å². The van der Waals surface area contributed by atoms with Gasteiger partial charge in [-0.3, -0.25) is 0 Å². The molecular weight excluding hydrogens is 258 g/mol. The molecule has 0 radical (unpaired) electrons. The van der Waals surface area contributed by atoms with Gasteiger partial charge in [0.25, 0.3) is 0 Å². The Morgan fingerprint density at radius 1 is 1.32 bits per heavy atom. The maximum absolute atomic E-state index is 12.0. The minimum atomic E-state index is -0.351. The molecule has 0 spiro atoms. The summed E-state index contributed by atoms with van der Waals surface area (Å²) in [6.07, 6.45) is 0. The summed E-state index contributed by atoms with van der Waals surface area (Å²) in [7, 11) is 0. The van der Waals surface area contributed by atoms with Crippen molar-refractivity contribution >= 4 is 22.3 Å². The summed E-state index contributed by atoms with van der Waals surface area (Å²) >= 11 is 1.37. The molecule has 2 aromatic rings. The fraction of sp³-hybridized carbons (Fsp3) is 0.267. The highest BCUT2D eigenvalue weighted by Gasteiger charge is 2.20. The van der Waals surface area contributed by atoms with Gasteiger partial charge in [-0.2, -0.15) is 0 Å². The van der Waals surface area contributed by atoms with Crippen LogP contribution < -0.4 is 5.73 Å². The SMILES string of the molecule is CCOC(=O)c1c(-c2ccc(C)cc2C)csc1N. The summed E-state index contributed by atoms with van der Waals surface area (Å²) in [6.45, 7) is 6.22. The number of hydrogen-bond donors (Lipinski definition) is 1. The Morgan fingerprint density at radius 3 is 2.68 bits per heavy atom. The van der Waals surface area contributed by atoms with Crippen molar-refractivity contribution < 1.29 is 9.53 Å². The number of carbonyl (C=O) groups excluding carboxylic acids is 1. The smallest absolute Gasteiger partial charge is 0.341 e. The molecule has 4 heteroatoms. The second-order valence-corrected chi connectivity index (χ2v) is 5.34. The van der Waals surface area contributed by atoms with Gasteiger partial charge in [-0.1, -0.05) is 23.8 Å². The molecule has 0 saturated carbocycles. The second-order valence-electron chi connectivity index (χ2n) is 4.43. The van der Waals surface area contributed by atoms with E-state index >= 15 is 0 Å². The zero-order chi connectivity index (χ0) is 14.0. The van der Waals surface area contributed by atoms with Crippen LogP contribution in [0.3, 0.4) is 0 Å². The van der Waals surface area contributed by atoms with Crippen molar-refractivity contribution in [2.75, 3.05) is 12.3 Å². The predicted molar refractivity (Wildman–Crippen MR) is 79.6 cm³/mol. The summed E-state index contributed by atoms with van der Waals surface area (Å²) in [5.41, 5.74) is 10.6. The summed E-state index contributed by atoms with van der Waals surface area (Å²) in [5, 5.41) is 2.42. The van der Waals surface area contributed by atoms with Gasteiger partial charge < -0.3 is 10.5 Å². The van der Waals surface area contributed by atoms with Crippen LogP contribution >= 0.6 is 11.3 Å². The number of nitrogen functional groups attached to an aromatic ring is 1. The maximum atomic E-state index is 12.0. The minimum absolute atomic E-state index is 0.348. The van der Waals surface area contributed by atoms with Crippen LogP contribution in [0.1, 0.15) is 28.4 Å². The van der Waals surface area contributed by atoms with Crippen LogP contribution in [0.2, 0.25) is 0 Å². The van der Waals surface area contributed by atoms with Gasteiger partial charge >= 0.3 is 5.97 Å². The van der Waals surface area contributed by atoms with Crippen molar-refractivity contribution in [2.24, 2.45) is 0 Å². The van der Waals surface area contributed by atoms with Gasteiger partial charge in [0.15, 0.2) is 0 Å². The number of aryl methyl sites for hydroxylation is 2. The molecule has 0 saturated heterocycles. The van der Waals surface area contributed by atoms with Gasteiger partial charge in [0, 0.05) is 10.9 Å². The summed E-state index contributed by atoms with van der Waals surface area (Å²) < 4.78 is 5.08. The lowest BCUT2D eigenvalue weighted by molar-refractivity contribution is 0.0529. The summed E-state index contributed by atoms with van der Waals surface area (Å²) in [6, 6.07) is 6.15. The number of thiophene rings is 1. The molecule has 100 valence electrons. The molecule has 1 aromatic heterocycles. The van der Waals surface area contributed by atoms with E-state index in [1.165, 1.54) is 16.9 Å². The number of carbonyl (C=O) groups is 1. The van der Waals surface area contributed by atoms with Gasteiger partial charge in [-0.05, 0) is 31.9 Å². The number of benzene rings is 1. The van der Waals surface area contributed by atoms with E-state index in [0.717, 1.165) is 16.7 Å². The molecule has 2 N–H and O–H groups in total. The molecule has 1 heterocycles. The second kappa shape index (κ2) is 5.45. The first-order chi connectivity index (χ1) is 9.04. The van der Waals surface area contributed by atoms with Crippen LogP contribution in [-0.2, 0) is 4.74 Å². The molecule has 0 aliphatic heterocycles. The van der Waals surface area contributed by atoms with Crippen LogP contribution in [0, 0.1) is 13.8 Å². The normalized spacial score (nSPS) is 10.5. The number of esters is 1. The highest BCUT2D eigenvalue weighted by Crippen LogP contribution is 2.36. The third-order valence-electron chi connectivity index (χ3n) is 2.97. The lowest BCUT2D eigenvalue weighted by atomic mass is 9.98. The van der Waals surface area contributed by atoms with E-state index < -0.39 is 0 Å². The Kier molecular flexibility index (Phi) is 3.90. The predicted octanol–water partition coefficient (Wildman–Crippen LogP) is 3.79. The molecule has 2 rings (SSSR count). The van der Waals surface area contributed by atoms with Gasteiger partial charge in [0.05, 0.1) is 6.61 Å². The monoisotopic (exact) mass is 275 g/mol. The average molecular weight is 275 g/mol. The van der Waals surface area contributed by atoms with Gasteiger partial charge in [-0.15, -0.1) is 11.3 Å². The Morgan fingerprint density at radius 2 is 2.05 bits per heavy atom. The van der Waals surface area contributed by atoms with Crippen molar-refractivity contribution in [2.45, 2.75) is 20.8 Å². The van der Waals surface area contributed by atoms with Crippen molar-refractivity contribution in [3.8, 4) is 11.1 Å². The highest BCUT2D eigenvalue weighted by molar-refractivity contribution is 7.15. The van der Waals surface area contributed by atoms with Crippen molar-refractivity contribution in [3.05, 3.63) is 40.3 Å². The van der Waals surface area contributed by atoms with E-state index in [9.17, 15) is 4.79 Å². The Labute approximate surface area is 117 Å². The number of rotatable bonds is 3. The quantitative estimate of drug-likeness (QED) is 0.867. The molecule has 0 aliphatic rings. The van der Waals surface area contributed by atoms with Crippen molar-refractivity contribution in [1.82, 2.24) is 0 Å². The third-order valence-corrected chi connectivity index (χ3v) is 3.78. The molecule has 0 amide bonds. The lowest BCUT2D eigenvalue weighted by Gasteiger charge is -2.09. The molecule has 0 aliphatic carbocycles. The molecule has 0 unspecified atom stereocenters. The Bertz CT molecular complexity index is 617. The largest absolute Gasteiger partial charge is 0.462 e. The van der Waals surface area contributed by atoms with E-state index in [0.29, 0.717) is 17.2 Å². The highest BCUT2D eigenvalue weighted by atomic mass is 32.1. The van der Waals surface area contributed by atoms with Gasteiger partial charge in [0.1, 0.15) is 10.6 Å². The molecule has 0 fully saturated rings. The standard InChI is InChI=1S/C15H17NO2S/c1-4-18-15(17)13-12(8-19-14(13)16)11-6-5-9(2)7-10(11)3/h5-8H,4,16H2,1-3H3. The number of anilines is 1. The van der Waals surface area contributed by atoms with Crippen LogP contribution in [0.25, 0.3) is 11.1 Å². The van der Waals surface area contributed by atoms with Gasteiger partial charge in [0.2, 0.25) is 0 Å². The number of nitrogens with two attached hydrogens (primary N) is 1. The van der Waals surface area contributed by atoms with Crippen molar-refractivity contribution in [1.29, 1.82) is 0 Å². The van der Waals surface area contributed by atoms with E-state index in [1.54, 1.807) is 6.92 Å². The van der Waals surface area contributed by atoms with Crippen LogP contribution in [0.4, 0.5) is 5.00 Å². The zero-order valence-corrected chi connectivity index (χ0v) is 12.1. The fourth-order valence-electron chi connectivity index (χ4n) is 2.10. The zero-order valence-electron chi connectivity index (χ0n) is 11.3. The lowest BCUT2D eigenvalue weighted by Crippen LogP contribution is -2.07. The molecular formula is C15H17NO2S. The minimum Gasteiger partial charge on any atom is -0.462 e. The molecule has 3 nitrogen and oxygen atoms in total. The Hall–Kier alpha value is -1.81. The summed E-state index contributed by atoms with van der Waals surface area (Å²) in [5.74, 6) is -0.351. The van der Waals surface area contributed by atoms with Crippen molar-refractivity contribution in [3.63, 3.8) is 0 Å². The van der Waals surface area contributed by atoms with Crippen LogP contribution in [-0.4, -0.2) is 12.6 Å². The molecule has 0 bridgehead atoms. The first kappa shape index (κ1) is 13.6. The van der Waals surface area contributed by atoms with Crippen LogP contribution in [0.5, 0.6) is 0 Å². The third kappa shape index (κ3) is 2.63. The summed E-state index contributed by atoms with van der Waals surface area (Å²) in [4.78, 5) is 12.0. The first-order valence-electron chi connectivity index (χ1n) is 6.16. The topological polar surface area (TPSA) is 52.3 Å². The van der Waals surface area contributed by atoms with E-state index in [-0.39, 0.29) is 5.97 Å². The fourth-order valence-corrected chi connectivity index (χ4v) is 2.90. The molecule has 19 heavy (non-hydrogen) atoms. The average Bonchev–Trinajstić information content (AvgIpc) is 2.71. The molecule has 1 aromatic carbocycles. The first-order valence-corrected chi connectivity index (χ1v) is 7.04.